The molecule has 0 radical (unpaired) electrons. The Labute approximate surface area is 163 Å². The van der Waals surface area contributed by atoms with Gasteiger partial charge in [0.25, 0.3) is 0 Å². The lowest BCUT2D eigenvalue weighted by atomic mass is 10.1. The zero-order valence-corrected chi connectivity index (χ0v) is 16.8. The van der Waals surface area contributed by atoms with Gasteiger partial charge in [0.05, 0.1) is 6.54 Å². The number of hydrogen-bond acceptors (Lipinski definition) is 3. The van der Waals surface area contributed by atoms with Gasteiger partial charge in [-0.2, -0.15) is 0 Å². The fraction of sp³-hybridized carbons (Fsp3) is 0.619. The molecule has 0 bridgehead atoms. The van der Waals surface area contributed by atoms with Gasteiger partial charge in [-0.15, -0.1) is 0 Å². The lowest BCUT2D eigenvalue weighted by Gasteiger charge is -2.32. The zero-order valence-electron chi connectivity index (χ0n) is 16.8. The summed E-state index contributed by atoms with van der Waals surface area (Å²) in [6.07, 6.45) is 3.90. The summed E-state index contributed by atoms with van der Waals surface area (Å²) >= 11 is 0. The van der Waals surface area contributed by atoms with E-state index in [9.17, 15) is 4.79 Å². The Morgan fingerprint density at radius 2 is 1.89 bits per heavy atom. The summed E-state index contributed by atoms with van der Waals surface area (Å²) in [6.45, 7) is 9.66. The number of carbonyl (C=O) groups is 1. The molecule has 150 valence electrons. The number of rotatable bonds is 9. The molecule has 2 rings (SSSR count). The summed E-state index contributed by atoms with van der Waals surface area (Å²) in [5, 5.41) is 9.77. The van der Waals surface area contributed by atoms with Crippen LogP contribution in [0.1, 0.15) is 45.1 Å². The van der Waals surface area contributed by atoms with Crippen LogP contribution in [-0.4, -0.2) is 55.5 Å². The predicted molar refractivity (Wildman–Crippen MR) is 112 cm³/mol. The molecule has 1 aliphatic heterocycles. The largest absolute Gasteiger partial charge is 0.357 e. The van der Waals surface area contributed by atoms with Crippen molar-refractivity contribution in [2.24, 2.45) is 4.99 Å². The maximum atomic E-state index is 12.0. The predicted octanol–water partition coefficient (Wildman–Crippen LogP) is 2.12. The number of likely N-dealkylation sites (tertiary alicyclic amines) is 1. The summed E-state index contributed by atoms with van der Waals surface area (Å²) in [6, 6.07) is 10.4. The second-order valence-electron chi connectivity index (χ2n) is 7.03. The molecule has 0 spiro atoms. The van der Waals surface area contributed by atoms with Crippen molar-refractivity contribution in [1.29, 1.82) is 0 Å². The average molecular weight is 374 g/mol. The monoisotopic (exact) mass is 373 g/mol. The first-order valence-corrected chi connectivity index (χ1v) is 10.3. The molecule has 0 saturated carbocycles. The number of amides is 1. The highest BCUT2D eigenvalue weighted by Crippen LogP contribution is 2.10. The second kappa shape index (κ2) is 12.3. The highest BCUT2D eigenvalue weighted by Gasteiger charge is 2.19. The Morgan fingerprint density at radius 3 is 2.56 bits per heavy atom. The van der Waals surface area contributed by atoms with Gasteiger partial charge in [0.1, 0.15) is 0 Å². The van der Waals surface area contributed by atoms with Crippen molar-refractivity contribution in [2.45, 2.75) is 52.1 Å². The molecular formula is C21H35N5O. The van der Waals surface area contributed by atoms with Crippen LogP contribution in [0.3, 0.4) is 0 Å². The van der Waals surface area contributed by atoms with Crippen LogP contribution in [0.4, 0.5) is 0 Å². The number of guanidine groups is 1. The van der Waals surface area contributed by atoms with Gasteiger partial charge >= 0.3 is 0 Å². The van der Waals surface area contributed by atoms with Crippen molar-refractivity contribution < 1.29 is 4.79 Å². The van der Waals surface area contributed by atoms with Crippen LogP contribution in [0.2, 0.25) is 0 Å². The Kier molecular flexibility index (Phi) is 9.69. The van der Waals surface area contributed by atoms with Crippen molar-refractivity contribution in [3.8, 4) is 0 Å². The molecule has 1 amide bonds. The molecule has 1 aromatic rings. The number of benzene rings is 1. The maximum Gasteiger partial charge on any atom is 0.222 e. The van der Waals surface area contributed by atoms with Crippen molar-refractivity contribution in [1.82, 2.24) is 20.9 Å². The highest BCUT2D eigenvalue weighted by molar-refractivity contribution is 5.81. The average Bonchev–Trinajstić information content (AvgIpc) is 2.69. The van der Waals surface area contributed by atoms with Gasteiger partial charge in [-0.1, -0.05) is 37.3 Å². The van der Waals surface area contributed by atoms with Crippen LogP contribution in [0.5, 0.6) is 0 Å². The first-order chi connectivity index (χ1) is 13.2. The minimum Gasteiger partial charge on any atom is -0.357 e. The molecule has 6 heteroatoms. The Balaban J connectivity index is 1.70. The molecule has 1 heterocycles. The minimum absolute atomic E-state index is 0.0336. The lowest BCUT2D eigenvalue weighted by molar-refractivity contribution is -0.121. The second-order valence-corrected chi connectivity index (χ2v) is 7.03. The van der Waals surface area contributed by atoms with Crippen molar-refractivity contribution in [3.63, 3.8) is 0 Å². The van der Waals surface area contributed by atoms with Gasteiger partial charge in [-0.3, -0.25) is 9.79 Å². The SMILES string of the molecule is CCCN1CCC(NC(=NCCC(=O)NCc2ccccc2)NCC)CC1. The van der Waals surface area contributed by atoms with Crippen LogP contribution in [0, 0.1) is 0 Å². The summed E-state index contributed by atoms with van der Waals surface area (Å²) in [5.41, 5.74) is 1.11. The normalized spacial score (nSPS) is 16.1. The summed E-state index contributed by atoms with van der Waals surface area (Å²) in [5.74, 6) is 0.855. The van der Waals surface area contributed by atoms with Gasteiger partial charge in [0, 0.05) is 38.6 Å². The smallest absolute Gasteiger partial charge is 0.222 e. The van der Waals surface area contributed by atoms with E-state index in [2.05, 4.69) is 39.7 Å². The van der Waals surface area contributed by atoms with E-state index >= 15 is 0 Å². The van der Waals surface area contributed by atoms with Gasteiger partial charge in [0.2, 0.25) is 5.91 Å². The number of hydrogen-bond donors (Lipinski definition) is 3. The van der Waals surface area contributed by atoms with Crippen LogP contribution >= 0.6 is 0 Å². The van der Waals surface area contributed by atoms with Crippen molar-refractivity contribution >= 4 is 11.9 Å². The quantitative estimate of drug-likeness (QED) is 0.458. The molecule has 1 aromatic carbocycles. The van der Waals surface area contributed by atoms with Gasteiger partial charge in [0.15, 0.2) is 5.96 Å². The molecule has 1 aliphatic rings. The highest BCUT2D eigenvalue weighted by atomic mass is 16.1. The molecule has 6 nitrogen and oxygen atoms in total. The van der Waals surface area contributed by atoms with E-state index in [0.29, 0.717) is 25.6 Å². The van der Waals surface area contributed by atoms with Crippen molar-refractivity contribution in [3.05, 3.63) is 35.9 Å². The number of carbonyl (C=O) groups excluding carboxylic acids is 1. The van der Waals surface area contributed by atoms with E-state index in [1.165, 1.54) is 13.0 Å². The molecule has 3 N–H and O–H groups in total. The van der Waals surface area contributed by atoms with Crippen LogP contribution in [-0.2, 0) is 11.3 Å². The molecule has 1 fully saturated rings. The first-order valence-electron chi connectivity index (χ1n) is 10.3. The van der Waals surface area contributed by atoms with Gasteiger partial charge in [-0.05, 0) is 38.3 Å². The van der Waals surface area contributed by atoms with E-state index in [1.54, 1.807) is 0 Å². The number of nitrogens with one attached hydrogen (secondary N) is 3. The van der Waals surface area contributed by atoms with E-state index in [1.807, 2.05) is 30.3 Å². The number of nitrogens with zero attached hydrogens (tertiary/aromatic N) is 2. The summed E-state index contributed by atoms with van der Waals surface area (Å²) < 4.78 is 0. The first kappa shape index (κ1) is 21.2. The fourth-order valence-corrected chi connectivity index (χ4v) is 3.28. The zero-order chi connectivity index (χ0) is 19.3. The maximum absolute atomic E-state index is 12.0. The molecule has 0 atom stereocenters. The molecule has 27 heavy (non-hydrogen) atoms. The van der Waals surface area contributed by atoms with E-state index in [-0.39, 0.29) is 5.91 Å². The molecule has 1 saturated heterocycles. The van der Waals surface area contributed by atoms with Crippen molar-refractivity contribution in [2.75, 3.05) is 32.7 Å². The Morgan fingerprint density at radius 1 is 1.15 bits per heavy atom. The van der Waals surface area contributed by atoms with E-state index < -0.39 is 0 Å². The van der Waals surface area contributed by atoms with Gasteiger partial charge < -0.3 is 20.9 Å². The Bertz CT molecular complexity index is 567. The fourth-order valence-electron chi connectivity index (χ4n) is 3.28. The topological polar surface area (TPSA) is 68.8 Å². The lowest BCUT2D eigenvalue weighted by Crippen LogP contribution is -2.48. The van der Waals surface area contributed by atoms with Gasteiger partial charge in [-0.25, -0.2) is 0 Å². The van der Waals surface area contributed by atoms with Crippen LogP contribution < -0.4 is 16.0 Å². The third-order valence-electron chi connectivity index (χ3n) is 4.75. The van der Waals surface area contributed by atoms with E-state index in [4.69, 9.17) is 0 Å². The third-order valence-corrected chi connectivity index (χ3v) is 4.75. The van der Waals surface area contributed by atoms with Crippen LogP contribution in [0.25, 0.3) is 0 Å². The minimum atomic E-state index is 0.0336. The molecule has 0 unspecified atom stereocenters. The number of piperidine rings is 1. The summed E-state index contributed by atoms with van der Waals surface area (Å²) in [7, 11) is 0. The molecule has 0 aromatic heterocycles. The molecular weight excluding hydrogens is 338 g/mol. The van der Waals surface area contributed by atoms with E-state index in [0.717, 1.165) is 44.0 Å². The standard InChI is InChI=1S/C21H35N5O/c1-3-14-26-15-11-19(12-16-26)25-21(22-4-2)23-13-10-20(27)24-17-18-8-6-5-7-9-18/h5-9,19H,3-4,10-17H2,1-2H3,(H,24,27)(H2,22,23,25). The van der Waals surface area contributed by atoms with Crippen LogP contribution in [0.15, 0.2) is 35.3 Å². The number of aliphatic imine (C=N–C) groups is 1. The summed E-state index contributed by atoms with van der Waals surface area (Å²) in [4.78, 5) is 19.1. The Hall–Kier alpha value is -2.08. The third kappa shape index (κ3) is 8.43. The molecule has 0 aliphatic carbocycles.